The highest BCUT2D eigenvalue weighted by Crippen LogP contribution is 2.20. The monoisotopic (exact) mass is 288 g/mol. The topological polar surface area (TPSA) is 45.1 Å². The molecule has 0 fully saturated rings. The fraction of sp³-hybridized carbons (Fsp3) is 0.353. The fourth-order valence-corrected chi connectivity index (χ4v) is 2.38. The van der Waals surface area contributed by atoms with Gasteiger partial charge in [-0.15, -0.1) is 0 Å². The zero-order chi connectivity index (χ0) is 15.2. The zero-order valence-electron chi connectivity index (χ0n) is 12.3. The molecule has 0 saturated carbocycles. The Morgan fingerprint density at radius 2 is 1.86 bits per heavy atom. The zero-order valence-corrected chi connectivity index (χ0v) is 12.3. The molecular weight excluding hydrogens is 267 g/mol. The van der Waals surface area contributed by atoms with Crippen molar-refractivity contribution in [3.8, 4) is 0 Å². The van der Waals surface area contributed by atoms with Crippen LogP contribution in [-0.4, -0.2) is 16.1 Å². The molecule has 0 bridgehead atoms. The van der Waals surface area contributed by atoms with Gasteiger partial charge in [0.05, 0.1) is 6.10 Å². The van der Waals surface area contributed by atoms with Gasteiger partial charge in [-0.3, -0.25) is 4.98 Å². The van der Waals surface area contributed by atoms with Gasteiger partial charge in [-0.1, -0.05) is 18.2 Å². The van der Waals surface area contributed by atoms with Crippen LogP contribution in [0.1, 0.15) is 43.5 Å². The van der Waals surface area contributed by atoms with Crippen LogP contribution in [0.3, 0.4) is 0 Å². The molecule has 0 aliphatic carbocycles. The molecule has 2 rings (SSSR count). The summed E-state index contributed by atoms with van der Waals surface area (Å²) in [5, 5.41) is 13.6. The molecule has 1 aromatic carbocycles. The molecule has 4 heteroatoms. The second kappa shape index (κ2) is 7.29. The van der Waals surface area contributed by atoms with Gasteiger partial charge in [0.1, 0.15) is 5.82 Å². The Hall–Kier alpha value is -1.78. The van der Waals surface area contributed by atoms with Gasteiger partial charge in [0, 0.05) is 24.5 Å². The Balaban J connectivity index is 1.89. The number of pyridine rings is 1. The minimum Gasteiger partial charge on any atom is -0.388 e. The maximum absolute atomic E-state index is 12.9. The molecule has 1 aromatic heterocycles. The van der Waals surface area contributed by atoms with E-state index in [4.69, 9.17) is 0 Å². The molecule has 3 unspecified atom stereocenters. The first-order chi connectivity index (χ1) is 10.1. The Labute approximate surface area is 124 Å². The van der Waals surface area contributed by atoms with E-state index in [1.165, 1.54) is 12.1 Å². The van der Waals surface area contributed by atoms with Crippen molar-refractivity contribution < 1.29 is 9.50 Å². The van der Waals surface area contributed by atoms with Gasteiger partial charge in [0.2, 0.25) is 0 Å². The van der Waals surface area contributed by atoms with Crippen LogP contribution in [0.2, 0.25) is 0 Å². The van der Waals surface area contributed by atoms with Crippen molar-refractivity contribution in [3.63, 3.8) is 0 Å². The first-order valence-electron chi connectivity index (χ1n) is 7.15. The Morgan fingerprint density at radius 3 is 2.48 bits per heavy atom. The van der Waals surface area contributed by atoms with E-state index in [2.05, 4.69) is 17.2 Å². The number of halogens is 1. The number of nitrogens with zero attached hydrogens (tertiary/aromatic N) is 1. The highest BCUT2D eigenvalue weighted by atomic mass is 19.1. The summed E-state index contributed by atoms with van der Waals surface area (Å²) in [4.78, 5) is 4.10. The van der Waals surface area contributed by atoms with Gasteiger partial charge in [-0.25, -0.2) is 4.39 Å². The summed E-state index contributed by atoms with van der Waals surface area (Å²) >= 11 is 0. The van der Waals surface area contributed by atoms with Crippen LogP contribution in [0.15, 0.2) is 48.8 Å². The van der Waals surface area contributed by atoms with Crippen molar-refractivity contribution >= 4 is 0 Å². The van der Waals surface area contributed by atoms with Crippen molar-refractivity contribution in [1.82, 2.24) is 10.3 Å². The van der Waals surface area contributed by atoms with Crippen molar-refractivity contribution in [1.29, 1.82) is 0 Å². The van der Waals surface area contributed by atoms with Gasteiger partial charge in [0.15, 0.2) is 0 Å². The maximum Gasteiger partial charge on any atom is 0.123 e. The molecule has 0 radical (unpaired) electrons. The van der Waals surface area contributed by atoms with E-state index in [-0.39, 0.29) is 17.9 Å². The van der Waals surface area contributed by atoms with Crippen LogP contribution in [0.4, 0.5) is 4.39 Å². The molecule has 2 aromatic rings. The Morgan fingerprint density at radius 1 is 1.14 bits per heavy atom. The lowest BCUT2D eigenvalue weighted by molar-refractivity contribution is 0.152. The van der Waals surface area contributed by atoms with Crippen molar-refractivity contribution in [3.05, 3.63) is 65.7 Å². The Kier molecular flexibility index (Phi) is 5.42. The molecule has 0 aliphatic rings. The summed E-state index contributed by atoms with van der Waals surface area (Å²) in [5.74, 6) is -0.290. The SMILES string of the molecule is CC(CC(O)c1ccc(F)cc1)NC(C)c1cccnc1. The van der Waals surface area contributed by atoms with Crippen LogP contribution in [0.25, 0.3) is 0 Å². The molecule has 1 heterocycles. The third-order valence-corrected chi connectivity index (χ3v) is 3.55. The summed E-state index contributed by atoms with van der Waals surface area (Å²) < 4.78 is 12.9. The van der Waals surface area contributed by atoms with Crippen LogP contribution in [0.5, 0.6) is 0 Å². The normalized spacial score (nSPS) is 15.4. The van der Waals surface area contributed by atoms with Gasteiger partial charge < -0.3 is 10.4 Å². The molecule has 2 N–H and O–H groups in total. The predicted octanol–water partition coefficient (Wildman–Crippen LogP) is 3.38. The van der Waals surface area contributed by atoms with E-state index in [1.807, 2.05) is 25.3 Å². The minimum absolute atomic E-state index is 0.125. The van der Waals surface area contributed by atoms with Crippen LogP contribution >= 0.6 is 0 Å². The lowest BCUT2D eigenvalue weighted by Gasteiger charge is -2.22. The molecule has 3 nitrogen and oxygen atoms in total. The molecule has 0 aliphatic heterocycles. The molecule has 0 amide bonds. The highest BCUT2D eigenvalue weighted by Gasteiger charge is 2.15. The largest absolute Gasteiger partial charge is 0.388 e. The average Bonchev–Trinajstić information content (AvgIpc) is 2.48. The van der Waals surface area contributed by atoms with Crippen molar-refractivity contribution in [2.75, 3.05) is 0 Å². The van der Waals surface area contributed by atoms with Crippen LogP contribution in [-0.2, 0) is 0 Å². The molecule has 112 valence electrons. The van der Waals surface area contributed by atoms with E-state index in [9.17, 15) is 9.50 Å². The maximum atomic E-state index is 12.9. The lowest BCUT2D eigenvalue weighted by atomic mass is 10.0. The molecule has 21 heavy (non-hydrogen) atoms. The third kappa shape index (κ3) is 4.62. The first-order valence-corrected chi connectivity index (χ1v) is 7.15. The summed E-state index contributed by atoms with van der Waals surface area (Å²) in [6, 6.07) is 10.2. The second-order valence-corrected chi connectivity index (χ2v) is 5.38. The fourth-order valence-electron chi connectivity index (χ4n) is 2.38. The van der Waals surface area contributed by atoms with E-state index in [0.717, 1.165) is 11.1 Å². The number of nitrogens with one attached hydrogen (secondary N) is 1. The standard InChI is InChI=1S/C17H21FN2O/c1-12(20-13(2)15-4-3-9-19-11-15)10-17(21)14-5-7-16(18)8-6-14/h3-9,11-13,17,20-21H,10H2,1-2H3. The molecule has 0 saturated heterocycles. The third-order valence-electron chi connectivity index (χ3n) is 3.55. The number of aliphatic hydroxyl groups is 1. The van der Waals surface area contributed by atoms with Crippen LogP contribution in [0, 0.1) is 5.82 Å². The van der Waals surface area contributed by atoms with Gasteiger partial charge in [-0.05, 0) is 49.6 Å². The van der Waals surface area contributed by atoms with E-state index >= 15 is 0 Å². The van der Waals surface area contributed by atoms with E-state index < -0.39 is 6.10 Å². The Bertz CT molecular complexity index is 544. The molecule has 3 atom stereocenters. The number of aromatic nitrogens is 1. The summed E-state index contributed by atoms with van der Waals surface area (Å²) in [7, 11) is 0. The molecule has 0 spiro atoms. The van der Waals surface area contributed by atoms with Gasteiger partial charge in [-0.2, -0.15) is 0 Å². The average molecular weight is 288 g/mol. The van der Waals surface area contributed by atoms with Gasteiger partial charge in [0.25, 0.3) is 0 Å². The summed E-state index contributed by atoms with van der Waals surface area (Å²) in [6.07, 6.45) is 3.55. The van der Waals surface area contributed by atoms with Crippen LogP contribution < -0.4 is 5.32 Å². The van der Waals surface area contributed by atoms with Crippen molar-refractivity contribution in [2.45, 2.75) is 38.5 Å². The van der Waals surface area contributed by atoms with Crippen molar-refractivity contribution in [2.24, 2.45) is 0 Å². The van der Waals surface area contributed by atoms with E-state index in [1.54, 1.807) is 18.3 Å². The summed E-state index contributed by atoms with van der Waals surface area (Å²) in [5.41, 5.74) is 1.85. The molecular formula is C17H21FN2O. The number of hydrogen-bond acceptors (Lipinski definition) is 3. The quantitative estimate of drug-likeness (QED) is 0.856. The van der Waals surface area contributed by atoms with E-state index in [0.29, 0.717) is 6.42 Å². The van der Waals surface area contributed by atoms with Gasteiger partial charge >= 0.3 is 0 Å². The second-order valence-electron chi connectivity index (χ2n) is 5.38. The highest BCUT2D eigenvalue weighted by molar-refractivity contribution is 5.19. The first kappa shape index (κ1) is 15.6. The number of rotatable bonds is 6. The smallest absolute Gasteiger partial charge is 0.123 e. The lowest BCUT2D eigenvalue weighted by Crippen LogP contribution is -2.30. The number of hydrogen-bond donors (Lipinski definition) is 2. The number of aliphatic hydroxyl groups excluding tert-OH is 1. The minimum atomic E-state index is -0.603. The predicted molar refractivity (Wildman–Crippen MR) is 81.2 cm³/mol. The number of benzene rings is 1. The summed E-state index contributed by atoms with van der Waals surface area (Å²) in [6.45, 7) is 4.09.